The van der Waals surface area contributed by atoms with Crippen molar-refractivity contribution in [2.75, 3.05) is 0 Å². The van der Waals surface area contributed by atoms with Crippen LogP contribution in [0.3, 0.4) is 0 Å². The van der Waals surface area contributed by atoms with E-state index in [2.05, 4.69) is 23.5 Å². The molecule has 0 aromatic heterocycles. The van der Waals surface area contributed by atoms with Gasteiger partial charge < -0.3 is 5.73 Å². The number of hydrazone groups is 1. The average molecular weight is 181 g/mol. The third-order valence-corrected chi connectivity index (χ3v) is 2.14. The molecule has 3 N–H and O–H groups in total. The Kier molecular flexibility index (Phi) is 3.49. The fourth-order valence-electron chi connectivity index (χ4n) is 1.33. The van der Waals surface area contributed by atoms with Crippen LogP contribution in [-0.2, 0) is 0 Å². The van der Waals surface area contributed by atoms with Crippen LogP contribution in [0.1, 0.15) is 26.2 Å². The summed E-state index contributed by atoms with van der Waals surface area (Å²) in [6.07, 6.45) is 7.20. The van der Waals surface area contributed by atoms with Crippen LogP contribution in [-0.4, -0.2) is 12.2 Å². The second-order valence-electron chi connectivity index (χ2n) is 3.34. The maximum Gasteiger partial charge on any atom is 0.332 e. The van der Waals surface area contributed by atoms with Crippen LogP contribution >= 0.6 is 0 Å². The summed E-state index contributed by atoms with van der Waals surface area (Å²) in [5.41, 5.74) is 8.48. The molecular weight excluding hydrogens is 166 g/mol. The highest BCUT2D eigenvalue weighted by Gasteiger charge is 2.09. The fraction of sp³-hybridized carbons (Fsp3) is 0.556. The number of primary amides is 1. The van der Waals surface area contributed by atoms with Gasteiger partial charge in [-0.1, -0.05) is 11.6 Å². The Hall–Kier alpha value is -1.32. The number of hydrogen-bond donors (Lipinski definition) is 2. The van der Waals surface area contributed by atoms with Gasteiger partial charge in [0.1, 0.15) is 0 Å². The van der Waals surface area contributed by atoms with Crippen molar-refractivity contribution in [3.05, 3.63) is 11.6 Å². The molecule has 0 saturated carbocycles. The number of nitrogens with one attached hydrogen (secondary N) is 1. The van der Waals surface area contributed by atoms with Crippen LogP contribution in [0.5, 0.6) is 0 Å². The topological polar surface area (TPSA) is 67.5 Å². The van der Waals surface area contributed by atoms with E-state index in [0.717, 1.165) is 19.3 Å². The Morgan fingerprint density at radius 1 is 1.85 bits per heavy atom. The van der Waals surface area contributed by atoms with Gasteiger partial charge >= 0.3 is 6.03 Å². The van der Waals surface area contributed by atoms with Gasteiger partial charge in [0.05, 0.1) is 0 Å². The zero-order chi connectivity index (χ0) is 9.68. The SMILES string of the molecule is CC1=CCC(/C=N/NC(N)=O)CC1. The molecule has 4 nitrogen and oxygen atoms in total. The molecule has 0 saturated heterocycles. The van der Waals surface area contributed by atoms with Crippen molar-refractivity contribution in [2.45, 2.75) is 26.2 Å². The molecule has 0 heterocycles. The molecule has 0 radical (unpaired) electrons. The van der Waals surface area contributed by atoms with E-state index in [1.165, 1.54) is 5.57 Å². The number of hydrogen-bond acceptors (Lipinski definition) is 2. The molecule has 2 amide bonds. The molecule has 13 heavy (non-hydrogen) atoms. The molecule has 0 fully saturated rings. The minimum atomic E-state index is -0.612. The van der Waals surface area contributed by atoms with Crippen molar-refractivity contribution < 1.29 is 4.79 Å². The lowest BCUT2D eigenvalue weighted by Gasteiger charge is -2.15. The molecule has 1 aliphatic carbocycles. The Morgan fingerprint density at radius 2 is 2.62 bits per heavy atom. The van der Waals surface area contributed by atoms with Crippen molar-refractivity contribution in [2.24, 2.45) is 16.8 Å². The second-order valence-corrected chi connectivity index (χ2v) is 3.34. The first-order valence-corrected chi connectivity index (χ1v) is 4.42. The molecule has 0 bridgehead atoms. The largest absolute Gasteiger partial charge is 0.350 e. The first-order chi connectivity index (χ1) is 6.18. The highest BCUT2D eigenvalue weighted by molar-refractivity contribution is 5.73. The summed E-state index contributed by atoms with van der Waals surface area (Å²) >= 11 is 0. The van der Waals surface area contributed by atoms with Crippen LogP contribution in [0.4, 0.5) is 4.79 Å². The summed E-state index contributed by atoms with van der Waals surface area (Å²) in [4.78, 5) is 10.3. The Morgan fingerprint density at radius 3 is 3.15 bits per heavy atom. The highest BCUT2D eigenvalue weighted by atomic mass is 16.2. The van der Waals surface area contributed by atoms with Gasteiger partial charge in [0.25, 0.3) is 0 Å². The van der Waals surface area contributed by atoms with Gasteiger partial charge in [0, 0.05) is 6.21 Å². The molecule has 72 valence electrons. The third-order valence-electron chi connectivity index (χ3n) is 2.14. The van der Waals surface area contributed by atoms with E-state index in [9.17, 15) is 4.79 Å². The van der Waals surface area contributed by atoms with Crippen molar-refractivity contribution in [1.82, 2.24) is 5.43 Å². The molecule has 0 aromatic rings. The number of nitrogens with zero attached hydrogens (tertiary/aromatic N) is 1. The maximum absolute atomic E-state index is 10.3. The second kappa shape index (κ2) is 4.64. The van der Waals surface area contributed by atoms with Crippen LogP contribution in [0.15, 0.2) is 16.8 Å². The van der Waals surface area contributed by atoms with Crippen molar-refractivity contribution in [3.63, 3.8) is 0 Å². The summed E-state index contributed by atoms with van der Waals surface area (Å²) in [7, 11) is 0. The lowest BCUT2D eigenvalue weighted by atomic mass is 9.91. The summed E-state index contributed by atoms with van der Waals surface area (Å²) in [5, 5.41) is 3.74. The molecule has 0 spiro atoms. The van der Waals surface area contributed by atoms with Crippen LogP contribution in [0.2, 0.25) is 0 Å². The number of carbonyl (C=O) groups excluding carboxylic acids is 1. The Labute approximate surface area is 77.9 Å². The molecule has 4 heteroatoms. The van der Waals surface area contributed by atoms with E-state index < -0.39 is 6.03 Å². The smallest absolute Gasteiger partial charge is 0.332 e. The first kappa shape index (κ1) is 9.77. The highest BCUT2D eigenvalue weighted by Crippen LogP contribution is 2.21. The molecule has 1 rings (SSSR count). The number of rotatable bonds is 2. The number of amides is 2. The zero-order valence-electron chi connectivity index (χ0n) is 7.79. The van der Waals surface area contributed by atoms with E-state index >= 15 is 0 Å². The first-order valence-electron chi connectivity index (χ1n) is 4.42. The monoisotopic (exact) mass is 181 g/mol. The van der Waals surface area contributed by atoms with E-state index in [1.807, 2.05) is 0 Å². The predicted molar refractivity (Wildman–Crippen MR) is 52.3 cm³/mol. The molecule has 1 atom stereocenters. The van der Waals surface area contributed by atoms with E-state index in [-0.39, 0.29) is 0 Å². The maximum atomic E-state index is 10.3. The Balaban J connectivity index is 2.31. The van der Waals surface area contributed by atoms with Crippen molar-refractivity contribution >= 4 is 12.2 Å². The number of urea groups is 1. The number of nitrogens with two attached hydrogens (primary N) is 1. The van der Waals surface area contributed by atoms with Crippen molar-refractivity contribution in [3.8, 4) is 0 Å². The lowest BCUT2D eigenvalue weighted by molar-refractivity contribution is 0.249. The van der Waals surface area contributed by atoms with E-state index in [4.69, 9.17) is 5.73 Å². The minimum absolute atomic E-state index is 0.440. The molecule has 1 unspecified atom stereocenters. The Bertz CT molecular complexity index is 245. The van der Waals surface area contributed by atoms with Gasteiger partial charge in [0.15, 0.2) is 0 Å². The van der Waals surface area contributed by atoms with E-state index in [0.29, 0.717) is 5.92 Å². The predicted octanol–water partition coefficient (Wildman–Crippen LogP) is 1.39. The standard InChI is InChI=1S/C9H15N3O/c1-7-2-4-8(5-3-7)6-11-12-9(10)13/h2,6,8H,3-5H2,1H3,(H3,10,12,13)/b11-6+. The summed E-state index contributed by atoms with van der Waals surface area (Å²) in [6.45, 7) is 2.13. The van der Waals surface area contributed by atoms with Gasteiger partial charge in [-0.05, 0) is 32.1 Å². The summed E-state index contributed by atoms with van der Waals surface area (Å²) in [6, 6.07) is -0.612. The fourth-order valence-corrected chi connectivity index (χ4v) is 1.33. The van der Waals surface area contributed by atoms with Gasteiger partial charge in [-0.25, -0.2) is 10.2 Å². The number of carbonyl (C=O) groups is 1. The summed E-state index contributed by atoms with van der Waals surface area (Å²) in [5.74, 6) is 0.440. The van der Waals surface area contributed by atoms with Crippen LogP contribution in [0, 0.1) is 5.92 Å². The normalized spacial score (nSPS) is 22.8. The molecule has 0 aliphatic heterocycles. The number of allylic oxidation sites excluding steroid dienone is 2. The molecule has 0 aromatic carbocycles. The van der Waals surface area contributed by atoms with Gasteiger partial charge in [-0.2, -0.15) is 5.10 Å². The third kappa shape index (κ3) is 3.73. The van der Waals surface area contributed by atoms with Crippen LogP contribution < -0.4 is 11.2 Å². The zero-order valence-corrected chi connectivity index (χ0v) is 7.79. The summed E-state index contributed by atoms with van der Waals surface area (Å²) < 4.78 is 0. The molecule has 1 aliphatic rings. The minimum Gasteiger partial charge on any atom is -0.350 e. The van der Waals surface area contributed by atoms with Gasteiger partial charge in [0.2, 0.25) is 0 Å². The van der Waals surface area contributed by atoms with Crippen molar-refractivity contribution in [1.29, 1.82) is 0 Å². The molecular formula is C9H15N3O. The average Bonchev–Trinajstić information content (AvgIpc) is 2.08. The lowest BCUT2D eigenvalue weighted by Crippen LogP contribution is -2.25. The quantitative estimate of drug-likeness (QED) is 0.377. The van der Waals surface area contributed by atoms with Gasteiger partial charge in [-0.15, -0.1) is 0 Å². The van der Waals surface area contributed by atoms with E-state index in [1.54, 1.807) is 6.21 Å². The van der Waals surface area contributed by atoms with Crippen LogP contribution in [0.25, 0.3) is 0 Å². The van der Waals surface area contributed by atoms with Gasteiger partial charge in [-0.3, -0.25) is 0 Å².